The molecule has 0 aliphatic heterocycles. The molecule has 1 N–H and O–H groups in total. The molecule has 3 aromatic carbocycles. The summed E-state index contributed by atoms with van der Waals surface area (Å²) < 4.78 is 10.9. The summed E-state index contributed by atoms with van der Waals surface area (Å²) in [7, 11) is 0. The number of carbonyl (C=O) groups is 2. The molecule has 28 heavy (non-hydrogen) atoms. The zero-order valence-corrected chi connectivity index (χ0v) is 15.6. The molecule has 5 nitrogen and oxygen atoms in total. The van der Waals surface area contributed by atoms with E-state index in [0.29, 0.717) is 29.2 Å². The summed E-state index contributed by atoms with van der Waals surface area (Å²) in [6, 6.07) is 23.5. The van der Waals surface area contributed by atoms with Crippen LogP contribution in [0, 0.1) is 0 Å². The average Bonchev–Trinajstić information content (AvgIpc) is 2.73. The van der Waals surface area contributed by atoms with Crippen molar-refractivity contribution in [2.75, 3.05) is 11.9 Å². The van der Waals surface area contributed by atoms with E-state index in [-0.39, 0.29) is 12.5 Å². The van der Waals surface area contributed by atoms with Crippen LogP contribution in [-0.2, 0) is 11.3 Å². The molecule has 3 rings (SSSR count). The van der Waals surface area contributed by atoms with Crippen LogP contribution in [0.5, 0.6) is 5.75 Å². The standard InChI is InChI=1S/C23H21NO4/c1-2-27-23(26)18-12-6-8-14-20(18)24-22(25)19-13-7-9-15-21(19)28-16-17-10-4-3-5-11-17/h3-15H,2,16H2,1H3,(H,24,25). The smallest absolute Gasteiger partial charge is 0.340 e. The highest BCUT2D eigenvalue weighted by Crippen LogP contribution is 2.23. The van der Waals surface area contributed by atoms with Crippen LogP contribution in [0.1, 0.15) is 33.2 Å². The number of nitrogens with one attached hydrogen (secondary N) is 1. The van der Waals surface area contributed by atoms with Crippen molar-refractivity contribution in [3.05, 3.63) is 95.6 Å². The van der Waals surface area contributed by atoms with Crippen molar-refractivity contribution in [2.45, 2.75) is 13.5 Å². The lowest BCUT2D eigenvalue weighted by Gasteiger charge is -2.13. The van der Waals surface area contributed by atoms with E-state index in [9.17, 15) is 9.59 Å². The largest absolute Gasteiger partial charge is 0.488 e. The van der Waals surface area contributed by atoms with Crippen molar-refractivity contribution < 1.29 is 19.1 Å². The fourth-order valence-corrected chi connectivity index (χ4v) is 2.68. The first-order valence-electron chi connectivity index (χ1n) is 9.02. The molecule has 0 bridgehead atoms. The molecule has 0 spiro atoms. The van der Waals surface area contributed by atoms with Gasteiger partial charge < -0.3 is 14.8 Å². The van der Waals surface area contributed by atoms with E-state index >= 15 is 0 Å². The van der Waals surface area contributed by atoms with Crippen LogP contribution in [0.25, 0.3) is 0 Å². The predicted octanol–water partition coefficient (Wildman–Crippen LogP) is 4.69. The molecular weight excluding hydrogens is 354 g/mol. The van der Waals surface area contributed by atoms with Gasteiger partial charge in [0.2, 0.25) is 0 Å². The van der Waals surface area contributed by atoms with Gasteiger partial charge in [-0.2, -0.15) is 0 Å². The number of hydrogen-bond acceptors (Lipinski definition) is 4. The summed E-state index contributed by atoms with van der Waals surface area (Å²) in [6.45, 7) is 2.35. The van der Waals surface area contributed by atoms with Crippen molar-refractivity contribution in [2.24, 2.45) is 0 Å². The molecular formula is C23H21NO4. The van der Waals surface area contributed by atoms with Gasteiger partial charge in [-0.3, -0.25) is 4.79 Å². The van der Waals surface area contributed by atoms with E-state index in [4.69, 9.17) is 9.47 Å². The average molecular weight is 375 g/mol. The van der Waals surface area contributed by atoms with Crippen molar-refractivity contribution in [3.63, 3.8) is 0 Å². The van der Waals surface area contributed by atoms with Gasteiger partial charge in [0.25, 0.3) is 5.91 Å². The molecule has 1 amide bonds. The van der Waals surface area contributed by atoms with Gasteiger partial charge in [-0.15, -0.1) is 0 Å². The number of esters is 1. The summed E-state index contributed by atoms with van der Waals surface area (Å²) in [6.07, 6.45) is 0. The molecule has 0 fully saturated rings. The van der Waals surface area contributed by atoms with E-state index in [1.54, 1.807) is 49.4 Å². The monoisotopic (exact) mass is 375 g/mol. The minimum absolute atomic E-state index is 0.261. The summed E-state index contributed by atoms with van der Waals surface area (Å²) >= 11 is 0. The van der Waals surface area contributed by atoms with Gasteiger partial charge in [0, 0.05) is 0 Å². The minimum Gasteiger partial charge on any atom is -0.488 e. The van der Waals surface area contributed by atoms with Gasteiger partial charge in [0.15, 0.2) is 0 Å². The molecule has 5 heteroatoms. The number of benzene rings is 3. The Morgan fingerprint density at radius 1 is 0.821 bits per heavy atom. The molecule has 0 heterocycles. The van der Waals surface area contributed by atoms with Gasteiger partial charge in [0.05, 0.1) is 23.4 Å². The Balaban J connectivity index is 1.78. The van der Waals surface area contributed by atoms with E-state index in [0.717, 1.165) is 5.56 Å². The van der Waals surface area contributed by atoms with Crippen LogP contribution in [0.2, 0.25) is 0 Å². The first kappa shape index (κ1) is 19.2. The van der Waals surface area contributed by atoms with E-state index in [1.807, 2.05) is 36.4 Å². The number of anilines is 1. The molecule has 142 valence electrons. The molecule has 0 aromatic heterocycles. The summed E-state index contributed by atoms with van der Waals surface area (Å²) in [5.74, 6) is -0.370. The molecule has 0 unspecified atom stereocenters. The SMILES string of the molecule is CCOC(=O)c1ccccc1NC(=O)c1ccccc1OCc1ccccc1. The van der Waals surface area contributed by atoms with Crippen LogP contribution in [0.3, 0.4) is 0 Å². The molecule has 0 saturated heterocycles. The normalized spacial score (nSPS) is 10.2. The van der Waals surface area contributed by atoms with Gasteiger partial charge in [0.1, 0.15) is 12.4 Å². The van der Waals surface area contributed by atoms with Gasteiger partial charge >= 0.3 is 5.97 Å². The van der Waals surface area contributed by atoms with Gasteiger partial charge in [-0.05, 0) is 36.8 Å². The van der Waals surface area contributed by atoms with Crippen LogP contribution >= 0.6 is 0 Å². The van der Waals surface area contributed by atoms with E-state index in [1.165, 1.54) is 0 Å². The molecule has 0 aliphatic carbocycles. The Kier molecular flexibility index (Phi) is 6.41. The third kappa shape index (κ3) is 4.76. The van der Waals surface area contributed by atoms with E-state index in [2.05, 4.69) is 5.32 Å². The summed E-state index contributed by atoms with van der Waals surface area (Å²) in [5, 5.41) is 2.78. The number of rotatable bonds is 7. The number of carbonyl (C=O) groups excluding carboxylic acids is 2. The van der Waals surface area contributed by atoms with Crippen LogP contribution in [0.15, 0.2) is 78.9 Å². The fourth-order valence-electron chi connectivity index (χ4n) is 2.68. The number of para-hydroxylation sites is 2. The van der Waals surface area contributed by atoms with Crippen molar-refractivity contribution in [1.82, 2.24) is 0 Å². The number of amides is 1. The Morgan fingerprint density at radius 2 is 1.46 bits per heavy atom. The lowest BCUT2D eigenvalue weighted by molar-refractivity contribution is 0.0527. The van der Waals surface area contributed by atoms with Gasteiger partial charge in [-0.1, -0.05) is 54.6 Å². The quantitative estimate of drug-likeness (QED) is 0.608. The lowest BCUT2D eigenvalue weighted by atomic mass is 10.1. The molecule has 0 saturated carbocycles. The highest BCUT2D eigenvalue weighted by Gasteiger charge is 2.17. The maximum Gasteiger partial charge on any atom is 0.340 e. The predicted molar refractivity (Wildman–Crippen MR) is 108 cm³/mol. The Hall–Kier alpha value is -3.60. The lowest BCUT2D eigenvalue weighted by Crippen LogP contribution is -2.17. The first-order valence-corrected chi connectivity index (χ1v) is 9.02. The number of hydrogen-bond donors (Lipinski definition) is 1. The Morgan fingerprint density at radius 3 is 2.21 bits per heavy atom. The Labute approximate surface area is 163 Å². The highest BCUT2D eigenvalue weighted by molar-refractivity contribution is 6.09. The highest BCUT2D eigenvalue weighted by atomic mass is 16.5. The maximum absolute atomic E-state index is 12.8. The summed E-state index contributed by atoms with van der Waals surface area (Å²) in [4.78, 5) is 24.9. The van der Waals surface area contributed by atoms with Crippen LogP contribution in [-0.4, -0.2) is 18.5 Å². The molecule has 0 atom stereocenters. The molecule has 3 aromatic rings. The van der Waals surface area contributed by atoms with Crippen molar-refractivity contribution in [3.8, 4) is 5.75 Å². The third-order valence-electron chi connectivity index (χ3n) is 4.04. The summed E-state index contributed by atoms with van der Waals surface area (Å²) in [5.41, 5.74) is 2.09. The topological polar surface area (TPSA) is 64.6 Å². The second-order valence-corrected chi connectivity index (χ2v) is 5.99. The van der Waals surface area contributed by atoms with Crippen LogP contribution < -0.4 is 10.1 Å². The molecule has 0 aliphatic rings. The van der Waals surface area contributed by atoms with Crippen molar-refractivity contribution >= 4 is 17.6 Å². The second-order valence-electron chi connectivity index (χ2n) is 5.99. The first-order chi connectivity index (χ1) is 13.7. The van der Waals surface area contributed by atoms with Crippen LogP contribution in [0.4, 0.5) is 5.69 Å². The fraction of sp³-hybridized carbons (Fsp3) is 0.130. The zero-order chi connectivity index (χ0) is 19.8. The van der Waals surface area contributed by atoms with Gasteiger partial charge in [-0.25, -0.2) is 4.79 Å². The van der Waals surface area contributed by atoms with Crippen molar-refractivity contribution in [1.29, 1.82) is 0 Å². The Bertz CT molecular complexity index is 954. The second kappa shape index (κ2) is 9.37. The third-order valence-corrected chi connectivity index (χ3v) is 4.04. The van der Waals surface area contributed by atoms with E-state index < -0.39 is 5.97 Å². The number of ether oxygens (including phenoxy) is 2. The maximum atomic E-state index is 12.8. The minimum atomic E-state index is -0.480. The molecule has 0 radical (unpaired) electrons. The zero-order valence-electron chi connectivity index (χ0n) is 15.6.